The van der Waals surface area contributed by atoms with Crippen LogP contribution in [0.3, 0.4) is 0 Å². The highest BCUT2D eigenvalue weighted by Gasteiger charge is 2.55. The second-order valence-corrected chi connectivity index (χ2v) is 12.8. The van der Waals surface area contributed by atoms with Crippen LogP contribution in [-0.2, 0) is 14.4 Å². The fourth-order valence-corrected chi connectivity index (χ4v) is 6.28. The SMILES string of the molecule is CCCCCCCCCCCCCC(=O)NC(=O)OC1CC(C)(CC)N(OC(C)c2ccccc2)C(C)(CC)C1C. The van der Waals surface area contributed by atoms with Gasteiger partial charge in [-0.1, -0.05) is 122 Å². The van der Waals surface area contributed by atoms with Gasteiger partial charge in [0.05, 0.1) is 0 Å². The first-order chi connectivity index (χ1) is 19.6. The van der Waals surface area contributed by atoms with Crippen LogP contribution in [-0.4, -0.2) is 34.2 Å². The largest absolute Gasteiger partial charge is 0.446 e. The Morgan fingerprint density at radius 2 is 1.46 bits per heavy atom. The molecule has 1 aliphatic rings. The highest BCUT2D eigenvalue weighted by molar-refractivity contribution is 5.91. The number of amides is 2. The first-order valence-electron chi connectivity index (χ1n) is 16.6. The van der Waals surface area contributed by atoms with Crippen molar-refractivity contribution < 1.29 is 19.2 Å². The molecule has 6 heteroatoms. The first kappa shape index (κ1) is 35.3. The number of ether oxygens (including phenoxy) is 1. The molecule has 0 spiro atoms. The molecular formula is C35H60N2O4. The molecule has 2 rings (SSSR count). The number of unbranched alkanes of at least 4 members (excludes halogenated alkanes) is 10. The maximum atomic E-state index is 12.8. The second kappa shape index (κ2) is 17.9. The minimum atomic E-state index is -0.626. The monoisotopic (exact) mass is 572 g/mol. The average molecular weight is 573 g/mol. The van der Waals surface area contributed by atoms with Crippen molar-refractivity contribution in [2.75, 3.05) is 0 Å². The summed E-state index contributed by atoms with van der Waals surface area (Å²) in [5, 5.41) is 4.69. The van der Waals surface area contributed by atoms with E-state index in [1.807, 2.05) is 18.2 Å². The Hall–Kier alpha value is -1.92. The number of imide groups is 1. The predicted octanol–water partition coefficient (Wildman–Crippen LogP) is 9.68. The Bertz CT molecular complexity index is 893. The lowest BCUT2D eigenvalue weighted by Crippen LogP contribution is -2.68. The minimum absolute atomic E-state index is 0.0163. The molecule has 1 fully saturated rings. The summed E-state index contributed by atoms with van der Waals surface area (Å²) < 4.78 is 5.96. The van der Waals surface area contributed by atoms with Crippen LogP contribution >= 0.6 is 0 Å². The van der Waals surface area contributed by atoms with Crippen molar-refractivity contribution in [1.29, 1.82) is 0 Å². The van der Waals surface area contributed by atoms with Crippen molar-refractivity contribution in [3.63, 3.8) is 0 Å². The summed E-state index contributed by atoms with van der Waals surface area (Å²) in [6, 6.07) is 10.3. The van der Waals surface area contributed by atoms with Gasteiger partial charge in [0.25, 0.3) is 0 Å². The fourth-order valence-electron chi connectivity index (χ4n) is 6.28. The van der Waals surface area contributed by atoms with Crippen molar-refractivity contribution in [3.05, 3.63) is 35.9 Å². The maximum absolute atomic E-state index is 12.8. The molecule has 234 valence electrons. The second-order valence-electron chi connectivity index (χ2n) is 12.8. The Morgan fingerprint density at radius 3 is 2.00 bits per heavy atom. The molecule has 0 bridgehead atoms. The number of nitrogens with zero attached hydrogens (tertiary/aromatic N) is 1. The van der Waals surface area contributed by atoms with E-state index >= 15 is 0 Å². The molecule has 0 aliphatic carbocycles. The molecule has 2 amide bonds. The van der Waals surface area contributed by atoms with Gasteiger partial charge in [0, 0.05) is 29.8 Å². The van der Waals surface area contributed by atoms with Crippen LogP contribution in [0.5, 0.6) is 0 Å². The number of piperidine rings is 1. The normalized spacial score (nSPS) is 25.5. The Morgan fingerprint density at radius 1 is 0.902 bits per heavy atom. The van der Waals surface area contributed by atoms with E-state index in [0.717, 1.165) is 37.7 Å². The van der Waals surface area contributed by atoms with Gasteiger partial charge in [-0.3, -0.25) is 14.9 Å². The van der Waals surface area contributed by atoms with Gasteiger partial charge in [-0.2, -0.15) is 5.06 Å². The quantitative estimate of drug-likeness (QED) is 0.177. The van der Waals surface area contributed by atoms with Gasteiger partial charge >= 0.3 is 6.09 Å². The molecule has 5 atom stereocenters. The topological polar surface area (TPSA) is 67.9 Å². The summed E-state index contributed by atoms with van der Waals surface area (Å²) in [5.41, 5.74) is 0.451. The molecule has 0 saturated carbocycles. The summed E-state index contributed by atoms with van der Waals surface area (Å²) >= 11 is 0. The molecular weight excluding hydrogens is 512 g/mol. The molecule has 1 saturated heterocycles. The standard InChI is InChI=1S/C35H60N2O4/c1-8-11-12-13-14-15-16-17-18-19-23-26-32(38)36-33(39)40-31-27-34(6,9-2)37(35(7,10-3)28(31)4)41-29(5)30-24-21-20-22-25-30/h20-22,24-25,28-29,31H,8-19,23,26-27H2,1-7H3,(H,36,38,39). The van der Waals surface area contributed by atoms with Gasteiger partial charge in [-0.15, -0.1) is 0 Å². The summed E-state index contributed by atoms with van der Waals surface area (Å²) in [7, 11) is 0. The van der Waals surface area contributed by atoms with Crippen LogP contribution in [0.2, 0.25) is 0 Å². The fraction of sp³-hybridized carbons (Fsp3) is 0.771. The number of hydrogen-bond acceptors (Lipinski definition) is 5. The number of hydroxylamine groups is 2. The zero-order valence-electron chi connectivity index (χ0n) is 27.3. The lowest BCUT2D eigenvalue weighted by molar-refractivity contribution is -0.335. The van der Waals surface area contributed by atoms with Crippen LogP contribution in [0.1, 0.15) is 156 Å². The molecule has 1 aromatic carbocycles. The van der Waals surface area contributed by atoms with Crippen LogP contribution < -0.4 is 5.32 Å². The molecule has 6 nitrogen and oxygen atoms in total. The minimum Gasteiger partial charge on any atom is -0.446 e. The van der Waals surface area contributed by atoms with E-state index in [4.69, 9.17) is 9.57 Å². The number of rotatable bonds is 18. The Balaban J connectivity index is 1.83. The number of alkyl carbamates (subject to hydrolysis) is 1. The van der Waals surface area contributed by atoms with Gasteiger partial charge in [0.2, 0.25) is 5.91 Å². The van der Waals surface area contributed by atoms with Gasteiger partial charge in [-0.25, -0.2) is 4.79 Å². The predicted molar refractivity (Wildman–Crippen MR) is 168 cm³/mol. The van der Waals surface area contributed by atoms with Gasteiger partial charge in [0.1, 0.15) is 12.2 Å². The molecule has 1 aromatic rings. The molecule has 0 radical (unpaired) electrons. The van der Waals surface area contributed by atoms with Crippen molar-refractivity contribution >= 4 is 12.0 Å². The zero-order chi connectivity index (χ0) is 30.3. The molecule has 5 unspecified atom stereocenters. The van der Waals surface area contributed by atoms with Crippen molar-refractivity contribution in [3.8, 4) is 0 Å². The maximum Gasteiger partial charge on any atom is 0.414 e. The summed E-state index contributed by atoms with van der Waals surface area (Å²) in [6.45, 7) is 15.2. The number of hydrogen-bond donors (Lipinski definition) is 1. The van der Waals surface area contributed by atoms with Crippen LogP contribution in [0, 0.1) is 5.92 Å². The molecule has 0 aromatic heterocycles. The summed E-state index contributed by atoms with van der Waals surface area (Å²) in [6.07, 6.45) is 15.2. The molecule has 1 aliphatic heterocycles. The zero-order valence-corrected chi connectivity index (χ0v) is 27.3. The highest BCUT2D eigenvalue weighted by Crippen LogP contribution is 2.48. The van der Waals surface area contributed by atoms with E-state index in [0.29, 0.717) is 12.8 Å². The Labute approximate surface area is 251 Å². The lowest BCUT2D eigenvalue weighted by Gasteiger charge is -2.59. The molecule has 41 heavy (non-hydrogen) atoms. The van der Waals surface area contributed by atoms with E-state index in [2.05, 4.69) is 71.0 Å². The lowest BCUT2D eigenvalue weighted by atomic mass is 9.69. The van der Waals surface area contributed by atoms with Crippen LogP contribution in [0.25, 0.3) is 0 Å². The van der Waals surface area contributed by atoms with Gasteiger partial charge in [0.15, 0.2) is 0 Å². The van der Waals surface area contributed by atoms with Crippen molar-refractivity contribution in [2.45, 2.75) is 168 Å². The Kier molecular flexibility index (Phi) is 15.4. The van der Waals surface area contributed by atoms with Crippen LogP contribution in [0.15, 0.2) is 30.3 Å². The van der Waals surface area contributed by atoms with E-state index in [-0.39, 0.29) is 35.1 Å². The summed E-state index contributed by atoms with van der Waals surface area (Å²) in [4.78, 5) is 32.0. The van der Waals surface area contributed by atoms with E-state index in [1.54, 1.807) is 0 Å². The highest BCUT2D eigenvalue weighted by atomic mass is 16.7. The van der Waals surface area contributed by atoms with Crippen LogP contribution in [0.4, 0.5) is 4.79 Å². The number of carbonyl (C=O) groups excluding carboxylic acids is 2. The third-order valence-electron chi connectivity index (χ3n) is 9.65. The average Bonchev–Trinajstić information content (AvgIpc) is 2.97. The van der Waals surface area contributed by atoms with Gasteiger partial charge in [-0.05, 0) is 45.6 Å². The molecule has 1 heterocycles. The van der Waals surface area contributed by atoms with Crippen molar-refractivity contribution in [2.24, 2.45) is 5.92 Å². The van der Waals surface area contributed by atoms with Gasteiger partial charge < -0.3 is 4.74 Å². The third kappa shape index (κ3) is 10.7. The van der Waals surface area contributed by atoms with E-state index in [9.17, 15) is 9.59 Å². The number of carbonyl (C=O) groups is 2. The molecule has 1 N–H and O–H groups in total. The smallest absolute Gasteiger partial charge is 0.414 e. The summed E-state index contributed by atoms with van der Waals surface area (Å²) in [5.74, 6) is -0.227. The number of nitrogens with one attached hydrogen (secondary N) is 1. The van der Waals surface area contributed by atoms with E-state index in [1.165, 1.54) is 51.4 Å². The number of benzene rings is 1. The first-order valence-corrected chi connectivity index (χ1v) is 16.6. The van der Waals surface area contributed by atoms with Crippen molar-refractivity contribution in [1.82, 2.24) is 10.4 Å². The third-order valence-corrected chi connectivity index (χ3v) is 9.65. The van der Waals surface area contributed by atoms with E-state index < -0.39 is 6.09 Å².